The van der Waals surface area contributed by atoms with E-state index >= 15 is 0 Å². The van der Waals surface area contributed by atoms with Gasteiger partial charge in [-0.05, 0) is 97.9 Å². The van der Waals surface area contributed by atoms with Crippen molar-refractivity contribution in [1.29, 1.82) is 0 Å². The maximum Gasteiger partial charge on any atom is 0.174 e. The molecular weight excluding hydrogens is 472 g/mol. The van der Waals surface area contributed by atoms with Crippen molar-refractivity contribution in [2.75, 3.05) is 4.90 Å². The van der Waals surface area contributed by atoms with E-state index in [0.29, 0.717) is 5.92 Å². The van der Waals surface area contributed by atoms with Crippen LogP contribution in [0, 0.1) is 20.8 Å². The van der Waals surface area contributed by atoms with Crippen LogP contribution in [-0.2, 0) is 6.42 Å². The van der Waals surface area contributed by atoms with Crippen LogP contribution in [-0.4, -0.2) is 14.7 Å². The first-order valence-corrected chi connectivity index (χ1v) is 13.6. The van der Waals surface area contributed by atoms with Crippen molar-refractivity contribution in [2.24, 2.45) is 0 Å². The van der Waals surface area contributed by atoms with Crippen LogP contribution in [0.25, 0.3) is 5.69 Å². The highest BCUT2D eigenvalue weighted by atomic mass is 32.1. The lowest BCUT2D eigenvalue weighted by Gasteiger charge is -2.28. The molecule has 1 aliphatic heterocycles. The Morgan fingerprint density at radius 3 is 2.38 bits per heavy atom. The number of rotatable bonds is 6. The fourth-order valence-electron chi connectivity index (χ4n) is 5.72. The quantitative estimate of drug-likeness (QED) is 0.271. The third-order valence-corrected chi connectivity index (χ3v) is 7.97. The molecule has 37 heavy (non-hydrogen) atoms. The van der Waals surface area contributed by atoms with Gasteiger partial charge in [-0.25, -0.2) is 0 Å². The number of nitrogens with one attached hydrogen (secondary N) is 1. The van der Waals surface area contributed by atoms with Crippen LogP contribution >= 0.6 is 12.2 Å². The largest absolute Gasteiger partial charge is 0.351 e. The van der Waals surface area contributed by atoms with Crippen LogP contribution in [0.1, 0.15) is 78.1 Å². The molecule has 0 amide bonds. The van der Waals surface area contributed by atoms with Crippen LogP contribution in [0.5, 0.6) is 0 Å². The highest BCUT2D eigenvalue weighted by molar-refractivity contribution is 7.80. The average molecular weight is 509 g/mol. The summed E-state index contributed by atoms with van der Waals surface area (Å²) in [7, 11) is 0. The predicted octanol–water partition coefficient (Wildman–Crippen LogP) is 7.66. The Morgan fingerprint density at radius 2 is 1.73 bits per heavy atom. The fourth-order valence-corrected chi connectivity index (χ4v) is 6.07. The summed E-state index contributed by atoms with van der Waals surface area (Å²) in [5.74, 6) is 0.482. The third kappa shape index (κ3) is 4.46. The zero-order valence-corrected chi connectivity index (χ0v) is 23.4. The smallest absolute Gasteiger partial charge is 0.174 e. The van der Waals surface area contributed by atoms with E-state index in [1.54, 1.807) is 0 Å². The summed E-state index contributed by atoms with van der Waals surface area (Å²) in [4.78, 5) is 7.02. The Hall–Kier alpha value is -3.44. The molecular formula is C32H36N4S. The van der Waals surface area contributed by atoms with E-state index in [-0.39, 0.29) is 12.1 Å². The molecule has 0 bridgehead atoms. The number of anilines is 1. The third-order valence-electron chi connectivity index (χ3n) is 7.65. The second kappa shape index (κ2) is 10.1. The number of pyridine rings is 1. The standard InChI is InChI=1S/C32H36N4S/c1-7-24-12-10-11-21(4)30(24)35-22(5)19-27(23(35)6)31-29(28-13-8-9-18-33-28)34-32(37)36(31)26-16-14-25(15-17-26)20(2)3/h8-20,29,31H,7H2,1-6H3,(H,34,37)/t29-,31+/m0/s1. The molecule has 1 saturated heterocycles. The molecule has 0 saturated carbocycles. The van der Waals surface area contributed by atoms with E-state index in [4.69, 9.17) is 17.2 Å². The number of thiocarbonyl (C=S) groups is 1. The van der Waals surface area contributed by atoms with Crippen LogP contribution in [0.2, 0.25) is 0 Å². The van der Waals surface area contributed by atoms with Gasteiger partial charge in [-0.2, -0.15) is 0 Å². The normalized spacial score (nSPS) is 17.5. The molecule has 2 atom stereocenters. The van der Waals surface area contributed by atoms with Gasteiger partial charge < -0.3 is 14.8 Å². The Morgan fingerprint density at radius 1 is 0.973 bits per heavy atom. The summed E-state index contributed by atoms with van der Waals surface area (Å²) in [6, 6.07) is 23.8. The number of nitrogens with zero attached hydrogens (tertiary/aromatic N) is 3. The average Bonchev–Trinajstić information content (AvgIpc) is 3.39. The monoisotopic (exact) mass is 508 g/mol. The van der Waals surface area contributed by atoms with Gasteiger partial charge in [0.05, 0.1) is 23.5 Å². The first-order chi connectivity index (χ1) is 17.8. The van der Waals surface area contributed by atoms with Crippen LogP contribution < -0.4 is 10.2 Å². The topological polar surface area (TPSA) is 33.1 Å². The van der Waals surface area contributed by atoms with Gasteiger partial charge in [0, 0.05) is 23.3 Å². The minimum atomic E-state index is -0.0602. The molecule has 0 unspecified atom stereocenters. The first kappa shape index (κ1) is 25.2. The molecule has 2 aromatic heterocycles. The van der Waals surface area contributed by atoms with E-state index in [0.717, 1.165) is 22.9 Å². The predicted molar refractivity (Wildman–Crippen MR) is 158 cm³/mol. The van der Waals surface area contributed by atoms with Gasteiger partial charge >= 0.3 is 0 Å². The SMILES string of the molecule is CCc1cccc(C)c1-n1c(C)cc([C@@H]2[C@H](c3ccccn3)NC(=S)N2c2ccc(C(C)C)cc2)c1C. The van der Waals surface area contributed by atoms with Crippen molar-refractivity contribution >= 4 is 23.0 Å². The molecule has 5 rings (SSSR count). The lowest BCUT2D eigenvalue weighted by molar-refractivity contribution is 0.565. The zero-order valence-electron chi connectivity index (χ0n) is 22.6. The number of aryl methyl sites for hydroxylation is 3. The number of hydrogen-bond donors (Lipinski definition) is 1. The summed E-state index contributed by atoms with van der Waals surface area (Å²) in [5, 5.41) is 4.35. The van der Waals surface area contributed by atoms with Crippen molar-refractivity contribution in [1.82, 2.24) is 14.9 Å². The summed E-state index contributed by atoms with van der Waals surface area (Å²) >= 11 is 5.98. The molecule has 0 radical (unpaired) electrons. The number of benzene rings is 2. The Labute approximate surface area is 226 Å². The number of aromatic nitrogens is 2. The molecule has 190 valence electrons. The highest BCUT2D eigenvalue weighted by Crippen LogP contribution is 2.44. The Kier molecular flexibility index (Phi) is 6.91. The molecule has 1 fully saturated rings. The Balaban J connectivity index is 1.69. The molecule has 1 N–H and O–H groups in total. The maximum absolute atomic E-state index is 5.98. The van der Waals surface area contributed by atoms with E-state index < -0.39 is 0 Å². The van der Waals surface area contributed by atoms with Crippen molar-refractivity contribution in [3.05, 3.63) is 112 Å². The van der Waals surface area contributed by atoms with Crippen LogP contribution in [0.4, 0.5) is 5.69 Å². The molecule has 1 aliphatic rings. The van der Waals surface area contributed by atoms with Crippen molar-refractivity contribution in [2.45, 2.75) is 66.0 Å². The molecule has 5 heteroatoms. The van der Waals surface area contributed by atoms with Crippen molar-refractivity contribution < 1.29 is 0 Å². The fraction of sp³-hybridized carbons (Fsp3) is 0.312. The summed E-state index contributed by atoms with van der Waals surface area (Å²) < 4.78 is 2.43. The van der Waals surface area contributed by atoms with E-state index in [2.05, 4.69) is 111 Å². The van der Waals surface area contributed by atoms with Gasteiger partial charge in [-0.15, -0.1) is 0 Å². The number of hydrogen-bond acceptors (Lipinski definition) is 2. The summed E-state index contributed by atoms with van der Waals surface area (Å²) in [5.41, 5.74) is 11.1. The van der Waals surface area contributed by atoms with Crippen LogP contribution in [0.3, 0.4) is 0 Å². The number of para-hydroxylation sites is 1. The molecule has 0 aliphatic carbocycles. The Bertz CT molecular complexity index is 1420. The summed E-state index contributed by atoms with van der Waals surface area (Å²) in [6.07, 6.45) is 2.85. The lowest BCUT2D eigenvalue weighted by atomic mass is 9.96. The lowest BCUT2D eigenvalue weighted by Crippen LogP contribution is -2.29. The molecule has 3 heterocycles. The maximum atomic E-state index is 5.98. The second-order valence-electron chi connectivity index (χ2n) is 10.3. The van der Waals surface area contributed by atoms with Gasteiger partial charge in [0.15, 0.2) is 5.11 Å². The van der Waals surface area contributed by atoms with Crippen LogP contribution in [0.15, 0.2) is 72.9 Å². The van der Waals surface area contributed by atoms with E-state index in [9.17, 15) is 0 Å². The van der Waals surface area contributed by atoms with E-state index in [1.165, 1.54) is 39.3 Å². The molecule has 4 aromatic rings. The van der Waals surface area contributed by atoms with Gasteiger partial charge in [-0.3, -0.25) is 4.98 Å². The molecule has 2 aromatic carbocycles. The van der Waals surface area contributed by atoms with Gasteiger partial charge in [0.1, 0.15) is 0 Å². The second-order valence-corrected chi connectivity index (χ2v) is 10.7. The highest BCUT2D eigenvalue weighted by Gasteiger charge is 2.42. The molecule has 4 nitrogen and oxygen atoms in total. The van der Waals surface area contributed by atoms with Gasteiger partial charge in [0.25, 0.3) is 0 Å². The molecule has 0 spiro atoms. The summed E-state index contributed by atoms with van der Waals surface area (Å²) in [6.45, 7) is 13.3. The minimum absolute atomic E-state index is 0.0265. The van der Waals surface area contributed by atoms with Crippen molar-refractivity contribution in [3.8, 4) is 5.69 Å². The minimum Gasteiger partial charge on any atom is -0.351 e. The first-order valence-electron chi connectivity index (χ1n) is 13.2. The van der Waals surface area contributed by atoms with Gasteiger partial charge in [0.2, 0.25) is 0 Å². The van der Waals surface area contributed by atoms with E-state index in [1.807, 2.05) is 18.3 Å². The van der Waals surface area contributed by atoms with Gasteiger partial charge in [-0.1, -0.05) is 57.2 Å². The zero-order chi connectivity index (χ0) is 26.3. The van der Waals surface area contributed by atoms with Crippen molar-refractivity contribution in [3.63, 3.8) is 0 Å².